The molecular weight excluding hydrogens is 1290 g/mol. The number of unbranched alkanes of at least 4 members (excludes halogenated alkanes) is 52. The van der Waals surface area contributed by atoms with Crippen molar-refractivity contribution in [1.29, 1.82) is 0 Å². The van der Waals surface area contributed by atoms with Gasteiger partial charge in [-0.3, -0.25) is 37.3 Å². The summed E-state index contributed by atoms with van der Waals surface area (Å²) in [5.74, 6) is -1.38. The first-order valence-corrected chi connectivity index (χ1v) is 44.6. The number of aliphatic hydroxyl groups is 1. The highest BCUT2D eigenvalue weighted by Crippen LogP contribution is 2.45. The molecule has 0 amide bonds. The molecule has 17 nitrogen and oxygen atoms in total. The van der Waals surface area contributed by atoms with Crippen LogP contribution < -0.4 is 0 Å². The fourth-order valence-corrected chi connectivity index (χ4v) is 14.0. The van der Waals surface area contributed by atoms with Gasteiger partial charge in [-0.05, 0) is 31.6 Å². The smallest absolute Gasteiger partial charge is 0.462 e. The number of ether oxygens (including phenoxy) is 4. The number of hydrogen-bond acceptors (Lipinski definition) is 15. The number of phosphoric acid groups is 2. The minimum absolute atomic E-state index is 0.105. The van der Waals surface area contributed by atoms with Crippen LogP contribution in [0.5, 0.6) is 0 Å². The highest BCUT2D eigenvalue weighted by molar-refractivity contribution is 7.47. The van der Waals surface area contributed by atoms with Gasteiger partial charge in [-0.25, -0.2) is 9.13 Å². The Morgan fingerprint density at radius 3 is 0.687 bits per heavy atom. The topological polar surface area (TPSA) is 237 Å². The summed E-state index contributed by atoms with van der Waals surface area (Å²) >= 11 is 0. The van der Waals surface area contributed by atoms with Gasteiger partial charge in [0.05, 0.1) is 26.4 Å². The number of aliphatic hydroxyl groups excluding tert-OH is 1. The van der Waals surface area contributed by atoms with E-state index < -0.39 is 97.5 Å². The fourth-order valence-electron chi connectivity index (χ4n) is 12.4. The van der Waals surface area contributed by atoms with Crippen LogP contribution in [0.15, 0.2) is 0 Å². The fraction of sp³-hybridized carbons (Fsp3) is 0.950. The van der Waals surface area contributed by atoms with Crippen LogP contribution in [0.2, 0.25) is 0 Å². The molecule has 2 unspecified atom stereocenters. The normalized spacial score (nSPS) is 13.9. The van der Waals surface area contributed by atoms with E-state index in [0.717, 1.165) is 109 Å². The third kappa shape index (κ3) is 74.1. The molecule has 0 aliphatic carbocycles. The second-order valence-electron chi connectivity index (χ2n) is 29.3. The molecule has 0 spiro atoms. The van der Waals surface area contributed by atoms with Crippen LogP contribution in [0.25, 0.3) is 0 Å². The van der Waals surface area contributed by atoms with Crippen molar-refractivity contribution in [2.75, 3.05) is 39.6 Å². The third-order valence-electron chi connectivity index (χ3n) is 18.8. The molecule has 19 heteroatoms. The maximum absolute atomic E-state index is 13.1. The van der Waals surface area contributed by atoms with Crippen LogP contribution >= 0.6 is 15.6 Å². The maximum Gasteiger partial charge on any atom is 0.472 e. The summed E-state index contributed by atoms with van der Waals surface area (Å²) in [5, 5.41) is 10.6. The number of carbonyl (C=O) groups excluding carboxylic acids is 4. The predicted molar refractivity (Wildman–Crippen MR) is 405 cm³/mol. The second-order valence-corrected chi connectivity index (χ2v) is 32.2. The molecule has 0 aromatic heterocycles. The Morgan fingerprint density at radius 2 is 0.465 bits per heavy atom. The SMILES string of the molecule is CCCCCCCCCCCCCCCCCCCCCCCCC(=O)O[C@H](COC(=O)CCCCCCCCCCCCCCCCCCCC)COP(=O)(O)OC[C@@H](O)COP(=O)(O)OC[C@@H](COC(=O)CCCCCCCCC)OC(=O)CCCCCCCCCCCC(C)C. The van der Waals surface area contributed by atoms with Gasteiger partial charge in [0.2, 0.25) is 0 Å². The number of hydrogen-bond donors (Lipinski definition) is 3. The van der Waals surface area contributed by atoms with Crippen LogP contribution in [0, 0.1) is 5.92 Å². The summed E-state index contributed by atoms with van der Waals surface area (Å²) in [6, 6.07) is 0. The number of phosphoric ester groups is 2. The minimum Gasteiger partial charge on any atom is -0.462 e. The monoisotopic (exact) mass is 1450 g/mol. The molecule has 0 aliphatic rings. The Bertz CT molecular complexity index is 1890. The van der Waals surface area contributed by atoms with Gasteiger partial charge in [-0.1, -0.05) is 375 Å². The molecule has 5 atom stereocenters. The van der Waals surface area contributed by atoms with Crippen molar-refractivity contribution in [3.63, 3.8) is 0 Å². The van der Waals surface area contributed by atoms with E-state index in [9.17, 15) is 43.2 Å². The lowest BCUT2D eigenvalue weighted by Gasteiger charge is -2.21. The lowest BCUT2D eigenvalue weighted by Crippen LogP contribution is -2.30. The first-order valence-electron chi connectivity index (χ1n) is 41.6. The number of rotatable bonds is 80. The third-order valence-corrected chi connectivity index (χ3v) is 20.7. The van der Waals surface area contributed by atoms with Crippen LogP contribution in [0.3, 0.4) is 0 Å². The lowest BCUT2D eigenvalue weighted by atomic mass is 10.0. The predicted octanol–water partition coefficient (Wildman–Crippen LogP) is 24.0. The van der Waals surface area contributed by atoms with Gasteiger partial charge >= 0.3 is 39.5 Å². The molecule has 0 saturated heterocycles. The zero-order valence-corrected chi connectivity index (χ0v) is 66.4. The van der Waals surface area contributed by atoms with Crippen molar-refractivity contribution in [1.82, 2.24) is 0 Å². The summed E-state index contributed by atoms with van der Waals surface area (Å²) in [6.45, 7) is 7.25. The summed E-state index contributed by atoms with van der Waals surface area (Å²) < 4.78 is 68.5. The van der Waals surface area contributed by atoms with Gasteiger partial charge in [0.25, 0.3) is 0 Å². The molecule has 0 aliphatic heterocycles. The molecule has 0 saturated carbocycles. The van der Waals surface area contributed by atoms with E-state index in [1.165, 1.54) is 238 Å². The Hall–Kier alpha value is -1.94. The van der Waals surface area contributed by atoms with Crippen LogP contribution in [0.4, 0.5) is 0 Å². The van der Waals surface area contributed by atoms with Crippen LogP contribution in [0.1, 0.15) is 426 Å². The average molecular weight is 1450 g/mol. The van der Waals surface area contributed by atoms with E-state index in [2.05, 4.69) is 34.6 Å². The lowest BCUT2D eigenvalue weighted by molar-refractivity contribution is -0.161. The van der Waals surface area contributed by atoms with E-state index in [1.54, 1.807) is 0 Å². The average Bonchev–Trinajstić information content (AvgIpc) is 1.00. The van der Waals surface area contributed by atoms with Crippen LogP contribution in [-0.2, 0) is 65.4 Å². The Labute approximate surface area is 607 Å². The van der Waals surface area contributed by atoms with Crippen molar-refractivity contribution < 1.29 is 80.2 Å². The van der Waals surface area contributed by atoms with Crippen molar-refractivity contribution in [3.8, 4) is 0 Å². The number of esters is 4. The van der Waals surface area contributed by atoms with Gasteiger partial charge < -0.3 is 33.8 Å². The van der Waals surface area contributed by atoms with E-state index in [0.29, 0.717) is 25.7 Å². The molecule has 0 radical (unpaired) electrons. The van der Waals surface area contributed by atoms with Crippen molar-refractivity contribution in [3.05, 3.63) is 0 Å². The molecule has 0 fully saturated rings. The molecule has 99 heavy (non-hydrogen) atoms. The zero-order chi connectivity index (χ0) is 72.7. The van der Waals surface area contributed by atoms with Crippen molar-refractivity contribution in [2.45, 2.75) is 445 Å². The molecule has 0 aromatic carbocycles. The highest BCUT2D eigenvalue weighted by atomic mass is 31.2. The van der Waals surface area contributed by atoms with Gasteiger partial charge in [0, 0.05) is 25.7 Å². The molecule has 588 valence electrons. The minimum atomic E-state index is -4.96. The summed E-state index contributed by atoms with van der Waals surface area (Å²) in [7, 11) is -9.91. The summed E-state index contributed by atoms with van der Waals surface area (Å²) in [6.07, 6.45) is 64.2. The zero-order valence-electron chi connectivity index (χ0n) is 64.6. The van der Waals surface area contributed by atoms with Crippen molar-refractivity contribution in [2.24, 2.45) is 5.92 Å². The highest BCUT2D eigenvalue weighted by Gasteiger charge is 2.30. The van der Waals surface area contributed by atoms with Crippen molar-refractivity contribution >= 4 is 39.5 Å². The first kappa shape index (κ1) is 97.1. The van der Waals surface area contributed by atoms with Crippen LogP contribution in [-0.4, -0.2) is 96.7 Å². The van der Waals surface area contributed by atoms with Gasteiger partial charge in [-0.2, -0.15) is 0 Å². The Balaban J connectivity index is 5.15. The standard InChI is InChI=1S/C80H156O17P2/c1-6-9-12-15-18-20-22-24-26-28-30-31-32-33-35-37-39-41-45-50-55-60-65-79(84)97-76(70-91-78(83)64-59-54-49-44-40-38-36-34-29-27-25-23-21-19-16-13-10-7-2)72-95-99(88,89)93-68-74(81)67-92-98(86,87)94-71-75(69-90-77(82)63-58-53-47-17-14-11-8-3)96-80(85)66-61-56-51-46-42-43-48-52-57-62-73(4)5/h73-76,81H,6-72H2,1-5H3,(H,86,87)(H,88,89)/t74-,75+,76+/m0/s1. The second kappa shape index (κ2) is 73.0. The Morgan fingerprint density at radius 1 is 0.273 bits per heavy atom. The van der Waals surface area contributed by atoms with E-state index in [-0.39, 0.29) is 25.7 Å². The van der Waals surface area contributed by atoms with Gasteiger partial charge in [0.15, 0.2) is 12.2 Å². The summed E-state index contributed by atoms with van der Waals surface area (Å²) in [4.78, 5) is 72.8. The van der Waals surface area contributed by atoms with Gasteiger partial charge in [0.1, 0.15) is 19.3 Å². The first-order chi connectivity index (χ1) is 48.0. The molecule has 0 aromatic rings. The van der Waals surface area contributed by atoms with E-state index in [1.807, 2.05) is 0 Å². The number of carbonyl (C=O) groups is 4. The van der Waals surface area contributed by atoms with E-state index in [4.69, 9.17) is 37.0 Å². The van der Waals surface area contributed by atoms with E-state index >= 15 is 0 Å². The molecule has 0 heterocycles. The molecule has 0 rings (SSSR count). The largest absolute Gasteiger partial charge is 0.472 e. The Kier molecular flexibility index (Phi) is 71.6. The summed E-state index contributed by atoms with van der Waals surface area (Å²) in [5.41, 5.74) is 0. The molecule has 0 bridgehead atoms. The quantitative estimate of drug-likeness (QED) is 0.0222. The molecular formula is C80H156O17P2. The maximum atomic E-state index is 13.1. The van der Waals surface area contributed by atoms with Gasteiger partial charge in [-0.15, -0.1) is 0 Å². The molecule has 3 N–H and O–H groups in total.